The monoisotopic (exact) mass is 230 g/mol. The summed E-state index contributed by atoms with van der Waals surface area (Å²) in [5, 5.41) is 7.77. The standard InChI is InChI=1S/C13H18N4/c1-4-5-10(2)14-7-12-8-15-13-6-11(3)16-17(13)9-12/h4,6,8-10,14H,1,5,7H2,2-3H3. The smallest absolute Gasteiger partial charge is 0.155 e. The van der Waals surface area contributed by atoms with Crippen molar-refractivity contribution in [3.63, 3.8) is 0 Å². The third kappa shape index (κ3) is 2.91. The van der Waals surface area contributed by atoms with Crippen molar-refractivity contribution < 1.29 is 0 Å². The van der Waals surface area contributed by atoms with Crippen LogP contribution in [0.4, 0.5) is 0 Å². The highest BCUT2D eigenvalue weighted by Crippen LogP contribution is 2.05. The number of rotatable bonds is 5. The highest BCUT2D eigenvalue weighted by Gasteiger charge is 2.02. The molecule has 2 aromatic rings. The third-order valence-electron chi connectivity index (χ3n) is 2.66. The molecule has 2 aromatic heterocycles. The maximum Gasteiger partial charge on any atom is 0.155 e. The minimum atomic E-state index is 0.433. The number of hydrogen-bond donors (Lipinski definition) is 1. The average molecular weight is 230 g/mol. The molecule has 90 valence electrons. The Labute approximate surface area is 101 Å². The van der Waals surface area contributed by atoms with Crippen molar-refractivity contribution in [2.45, 2.75) is 32.9 Å². The molecular formula is C13H18N4. The van der Waals surface area contributed by atoms with E-state index in [-0.39, 0.29) is 0 Å². The van der Waals surface area contributed by atoms with E-state index in [2.05, 4.69) is 28.9 Å². The van der Waals surface area contributed by atoms with Gasteiger partial charge in [0.05, 0.1) is 5.69 Å². The summed E-state index contributed by atoms with van der Waals surface area (Å²) in [4.78, 5) is 4.37. The summed E-state index contributed by atoms with van der Waals surface area (Å²) in [6.07, 6.45) is 6.81. The molecule has 0 aliphatic carbocycles. The van der Waals surface area contributed by atoms with Crippen molar-refractivity contribution in [2.24, 2.45) is 0 Å². The second kappa shape index (κ2) is 5.10. The minimum absolute atomic E-state index is 0.433. The van der Waals surface area contributed by atoms with E-state index in [0.717, 1.165) is 29.9 Å². The SMILES string of the molecule is C=CCC(C)NCc1cnc2cc(C)nn2c1. The van der Waals surface area contributed by atoms with E-state index < -0.39 is 0 Å². The molecule has 2 heterocycles. The number of aromatic nitrogens is 3. The van der Waals surface area contributed by atoms with E-state index in [0.29, 0.717) is 6.04 Å². The molecule has 4 heteroatoms. The van der Waals surface area contributed by atoms with Gasteiger partial charge < -0.3 is 5.32 Å². The molecule has 0 fully saturated rings. The quantitative estimate of drug-likeness (QED) is 0.800. The lowest BCUT2D eigenvalue weighted by molar-refractivity contribution is 0.551. The van der Waals surface area contributed by atoms with Crippen molar-refractivity contribution in [1.82, 2.24) is 19.9 Å². The highest BCUT2D eigenvalue weighted by molar-refractivity contribution is 5.38. The number of hydrogen-bond acceptors (Lipinski definition) is 3. The number of aryl methyl sites for hydroxylation is 1. The van der Waals surface area contributed by atoms with Crippen LogP contribution in [-0.2, 0) is 6.54 Å². The first kappa shape index (κ1) is 11.8. The lowest BCUT2D eigenvalue weighted by Gasteiger charge is -2.11. The van der Waals surface area contributed by atoms with E-state index in [9.17, 15) is 0 Å². The Morgan fingerprint density at radius 3 is 3.18 bits per heavy atom. The lowest BCUT2D eigenvalue weighted by atomic mass is 10.2. The Kier molecular flexibility index (Phi) is 3.54. The summed E-state index contributed by atoms with van der Waals surface area (Å²) in [6, 6.07) is 2.40. The predicted octanol–water partition coefficient (Wildman–Crippen LogP) is 2.09. The van der Waals surface area contributed by atoms with E-state index in [1.807, 2.05) is 36.0 Å². The molecule has 0 aromatic carbocycles. The van der Waals surface area contributed by atoms with Crippen LogP contribution in [0.3, 0.4) is 0 Å². The van der Waals surface area contributed by atoms with Crippen molar-refractivity contribution in [1.29, 1.82) is 0 Å². The summed E-state index contributed by atoms with van der Waals surface area (Å²) in [6.45, 7) is 8.65. The van der Waals surface area contributed by atoms with Crippen LogP contribution in [0.25, 0.3) is 5.65 Å². The molecule has 1 atom stereocenters. The largest absolute Gasteiger partial charge is 0.310 e. The molecule has 2 rings (SSSR count). The molecule has 0 amide bonds. The lowest BCUT2D eigenvalue weighted by Crippen LogP contribution is -2.24. The minimum Gasteiger partial charge on any atom is -0.310 e. The molecule has 0 saturated heterocycles. The summed E-state index contributed by atoms with van der Waals surface area (Å²) in [5.41, 5.74) is 3.02. The van der Waals surface area contributed by atoms with Gasteiger partial charge in [0.25, 0.3) is 0 Å². The van der Waals surface area contributed by atoms with Crippen LogP contribution >= 0.6 is 0 Å². The van der Waals surface area contributed by atoms with Crippen molar-refractivity contribution in [2.75, 3.05) is 0 Å². The van der Waals surface area contributed by atoms with Crippen molar-refractivity contribution in [3.05, 3.63) is 42.4 Å². The van der Waals surface area contributed by atoms with Gasteiger partial charge in [0.2, 0.25) is 0 Å². The second-order valence-corrected chi connectivity index (χ2v) is 4.36. The molecule has 0 bridgehead atoms. The van der Waals surface area contributed by atoms with E-state index in [1.54, 1.807) is 0 Å². The van der Waals surface area contributed by atoms with Crippen LogP contribution in [0.1, 0.15) is 24.6 Å². The molecule has 1 unspecified atom stereocenters. The van der Waals surface area contributed by atoms with Gasteiger partial charge in [-0.3, -0.25) is 0 Å². The first-order chi connectivity index (χ1) is 8.19. The van der Waals surface area contributed by atoms with Crippen LogP contribution in [-0.4, -0.2) is 20.6 Å². The first-order valence-electron chi connectivity index (χ1n) is 5.84. The Morgan fingerprint density at radius 2 is 2.41 bits per heavy atom. The molecule has 17 heavy (non-hydrogen) atoms. The Bertz CT molecular complexity index is 515. The molecule has 4 nitrogen and oxygen atoms in total. The van der Waals surface area contributed by atoms with Gasteiger partial charge in [-0.05, 0) is 20.3 Å². The van der Waals surface area contributed by atoms with Crippen LogP contribution in [0.5, 0.6) is 0 Å². The Morgan fingerprint density at radius 1 is 1.59 bits per heavy atom. The van der Waals surface area contributed by atoms with Gasteiger partial charge in [-0.1, -0.05) is 6.08 Å². The van der Waals surface area contributed by atoms with Crippen LogP contribution in [0, 0.1) is 6.92 Å². The van der Waals surface area contributed by atoms with Gasteiger partial charge >= 0.3 is 0 Å². The fourth-order valence-electron chi connectivity index (χ4n) is 1.75. The average Bonchev–Trinajstić information content (AvgIpc) is 2.66. The molecule has 0 saturated carbocycles. The van der Waals surface area contributed by atoms with Gasteiger partial charge in [0, 0.05) is 36.6 Å². The van der Waals surface area contributed by atoms with Gasteiger partial charge in [-0.15, -0.1) is 6.58 Å². The van der Waals surface area contributed by atoms with Crippen molar-refractivity contribution in [3.8, 4) is 0 Å². The first-order valence-corrected chi connectivity index (χ1v) is 5.84. The normalized spacial score (nSPS) is 12.8. The molecule has 0 spiro atoms. The van der Waals surface area contributed by atoms with Gasteiger partial charge in [0.15, 0.2) is 5.65 Å². The fraction of sp³-hybridized carbons (Fsp3) is 0.385. The number of nitrogens with zero attached hydrogens (tertiary/aromatic N) is 3. The molecule has 1 N–H and O–H groups in total. The fourth-order valence-corrected chi connectivity index (χ4v) is 1.75. The second-order valence-electron chi connectivity index (χ2n) is 4.36. The van der Waals surface area contributed by atoms with E-state index >= 15 is 0 Å². The molecule has 0 aliphatic heterocycles. The summed E-state index contributed by atoms with van der Waals surface area (Å²) in [5.74, 6) is 0. The van der Waals surface area contributed by atoms with Gasteiger partial charge in [-0.25, -0.2) is 9.50 Å². The summed E-state index contributed by atoms with van der Waals surface area (Å²) >= 11 is 0. The van der Waals surface area contributed by atoms with Crippen LogP contribution < -0.4 is 5.32 Å². The van der Waals surface area contributed by atoms with Crippen LogP contribution in [0.2, 0.25) is 0 Å². The summed E-state index contributed by atoms with van der Waals surface area (Å²) in [7, 11) is 0. The third-order valence-corrected chi connectivity index (χ3v) is 2.66. The Hall–Kier alpha value is -1.68. The van der Waals surface area contributed by atoms with Crippen molar-refractivity contribution >= 4 is 5.65 Å². The number of nitrogens with one attached hydrogen (secondary N) is 1. The zero-order chi connectivity index (χ0) is 12.3. The van der Waals surface area contributed by atoms with Gasteiger partial charge in [-0.2, -0.15) is 5.10 Å². The topological polar surface area (TPSA) is 42.2 Å². The van der Waals surface area contributed by atoms with Crippen LogP contribution in [0.15, 0.2) is 31.1 Å². The zero-order valence-electron chi connectivity index (χ0n) is 10.3. The summed E-state index contributed by atoms with van der Waals surface area (Å²) < 4.78 is 1.82. The maximum absolute atomic E-state index is 4.37. The molecule has 0 aliphatic rings. The van der Waals surface area contributed by atoms with Gasteiger partial charge in [0.1, 0.15) is 0 Å². The molecular weight excluding hydrogens is 212 g/mol. The highest BCUT2D eigenvalue weighted by atomic mass is 15.2. The van der Waals surface area contributed by atoms with E-state index in [4.69, 9.17) is 0 Å². The predicted molar refractivity (Wildman–Crippen MR) is 68.8 cm³/mol. The molecule has 0 radical (unpaired) electrons. The zero-order valence-corrected chi connectivity index (χ0v) is 10.3. The maximum atomic E-state index is 4.37. The Balaban J connectivity index is 2.06. The van der Waals surface area contributed by atoms with E-state index in [1.165, 1.54) is 0 Å². The number of fused-ring (bicyclic) bond motifs is 1.